The largest absolute Gasteiger partial charge is 0.492 e. The Morgan fingerprint density at radius 3 is 2.44 bits per heavy atom. The van der Waals surface area contributed by atoms with Gasteiger partial charge in [-0.25, -0.2) is 19.1 Å². The topological polar surface area (TPSA) is 138 Å². The van der Waals surface area contributed by atoms with Crippen molar-refractivity contribution in [2.45, 2.75) is 70.9 Å². The van der Waals surface area contributed by atoms with E-state index in [0.29, 0.717) is 37.0 Å². The van der Waals surface area contributed by atoms with Crippen LogP contribution in [0.3, 0.4) is 0 Å². The van der Waals surface area contributed by atoms with Crippen molar-refractivity contribution in [3.63, 3.8) is 0 Å². The van der Waals surface area contributed by atoms with Crippen LogP contribution in [0, 0.1) is 0 Å². The minimum atomic E-state index is -0.293. The standard InChI is InChI=1S/C32H40N8O5/c1-22(2)35-32(42)33-15-18-43-26-12-9-23(10-13-26)30-36-31(37-40(30)29-8-4-6-17-45-29)38(21-41)25-11-14-27-24(19-25)20-34-39(27)28-7-3-5-16-44-28/h9-14,19-22,28-29H,3-8,15-18H2,1-2H3,(H2,33,35,42). The van der Waals surface area contributed by atoms with Crippen LogP contribution in [0.5, 0.6) is 5.75 Å². The third-order valence-electron chi connectivity index (χ3n) is 7.84. The summed E-state index contributed by atoms with van der Waals surface area (Å²) in [5.74, 6) is 1.50. The molecule has 4 aromatic rings. The minimum Gasteiger partial charge on any atom is -0.492 e. The summed E-state index contributed by atoms with van der Waals surface area (Å²) in [6.45, 7) is 5.88. The van der Waals surface area contributed by atoms with Crippen molar-refractivity contribution in [3.05, 3.63) is 48.7 Å². The summed E-state index contributed by atoms with van der Waals surface area (Å²) in [6, 6.07) is 13.1. The lowest BCUT2D eigenvalue weighted by molar-refractivity contribution is -0.106. The average molecular weight is 617 g/mol. The quantitative estimate of drug-likeness (QED) is 0.176. The SMILES string of the molecule is CC(C)NC(=O)NCCOc1ccc(-c2nc(N(C=O)c3ccc4c(cnn4C4CCCCO4)c3)nn2C2CCCCO2)cc1. The maximum absolute atomic E-state index is 12.5. The Labute approximate surface area is 261 Å². The Balaban J connectivity index is 1.22. The van der Waals surface area contributed by atoms with Crippen molar-refractivity contribution in [3.8, 4) is 17.1 Å². The number of amides is 3. The Hall–Kier alpha value is -4.49. The molecular formula is C32H40N8O5. The molecule has 2 saturated heterocycles. The first kappa shape index (κ1) is 30.5. The lowest BCUT2D eigenvalue weighted by Crippen LogP contribution is -2.41. The Morgan fingerprint density at radius 1 is 1.04 bits per heavy atom. The Morgan fingerprint density at radius 2 is 1.78 bits per heavy atom. The second-order valence-corrected chi connectivity index (χ2v) is 11.6. The van der Waals surface area contributed by atoms with Gasteiger partial charge >= 0.3 is 6.03 Å². The summed E-state index contributed by atoms with van der Waals surface area (Å²) in [5.41, 5.74) is 2.39. The van der Waals surface area contributed by atoms with E-state index in [0.717, 1.165) is 68.0 Å². The zero-order valence-electron chi connectivity index (χ0n) is 25.7. The minimum absolute atomic E-state index is 0.0638. The van der Waals surface area contributed by atoms with Gasteiger partial charge in [-0.15, -0.1) is 5.10 Å². The predicted molar refractivity (Wildman–Crippen MR) is 168 cm³/mol. The fourth-order valence-corrected chi connectivity index (χ4v) is 5.64. The summed E-state index contributed by atoms with van der Waals surface area (Å²) in [5, 5.41) is 15.8. The molecular weight excluding hydrogens is 576 g/mol. The molecule has 6 rings (SSSR count). The van der Waals surface area contributed by atoms with Gasteiger partial charge in [0.25, 0.3) is 5.95 Å². The molecule has 45 heavy (non-hydrogen) atoms. The van der Waals surface area contributed by atoms with Crippen LogP contribution in [0.2, 0.25) is 0 Å². The molecule has 0 bridgehead atoms. The highest BCUT2D eigenvalue weighted by atomic mass is 16.5. The van der Waals surface area contributed by atoms with Gasteiger partial charge in [-0.3, -0.25) is 4.79 Å². The van der Waals surface area contributed by atoms with Gasteiger partial charge in [0, 0.05) is 30.2 Å². The molecule has 2 aromatic carbocycles. The molecule has 4 heterocycles. The molecule has 0 radical (unpaired) electrons. The smallest absolute Gasteiger partial charge is 0.315 e. The summed E-state index contributed by atoms with van der Waals surface area (Å²) < 4.78 is 21.5. The molecule has 2 aliphatic rings. The van der Waals surface area contributed by atoms with Crippen molar-refractivity contribution < 1.29 is 23.8 Å². The summed E-state index contributed by atoms with van der Waals surface area (Å²) in [7, 11) is 0. The first-order valence-corrected chi connectivity index (χ1v) is 15.7. The lowest BCUT2D eigenvalue weighted by atomic mass is 10.1. The van der Waals surface area contributed by atoms with E-state index in [1.807, 2.05) is 61.0 Å². The number of rotatable bonds is 11. The molecule has 13 nitrogen and oxygen atoms in total. The monoisotopic (exact) mass is 616 g/mol. The fourth-order valence-electron chi connectivity index (χ4n) is 5.64. The van der Waals surface area contributed by atoms with Gasteiger partial charge in [-0.1, -0.05) is 0 Å². The summed E-state index contributed by atoms with van der Waals surface area (Å²) in [6.07, 6.45) is 8.06. The van der Waals surface area contributed by atoms with Gasteiger partial charge in [-0.2, -0.15) is 10.1 Å². The molecule has 2 fully saturated rings. The first-order valence-electron chi connectivity index (χ1n) is 15.7. The molecule has 3 amide bonds. The molecule has 13 heteroatoms. The number of carbonyl (C=O) groups excluding carboxylic acids is 2. The lowest BCUT2D eigenvalue weighted by Gasteiger charge is -2.24. The van der Waals surface area contributed by atoms with Crippen molar-refractivity contribution in [2.24, 2.45) is 0 Å². The number of benzene rings is 2. The molecule has 0 aliphatic carbocycles. The average Bonchev–Trinajstić information content (AvgIpc) is 3.69. The number of ether oxygens (including phenoxy) is 3. The maximum Gasteiger partial charge on any atom is 0.315 e. The summed E-state index contributed by atoms with van der Waals surface area (Å²) in [4.78, 5) is 30.6. The van der Waals surface area contributed by atoms with Crippen molar-refractivity contribution >= 4 is 35.0 Å². The van der Waals surface area contributed by atoms with Crippen LogP contribution < -0.4 is 20.3 Å². The molecule has 0 spiro atoms. The molecule has 2 aromatic heterocycles. The highest BCUT2D eigenvalue weighted by Gasteiger charge is 2.26. The molecule has 2 aliphatic heterocycles. The van der Waals surface area contributed by atoms with Crippen molar-refractivity contribution in [1.82, 2.24) is 35.2 Å². The van der Waals surface area contributed by atoms with Gasteiger partial charge < -0.3 is 24.8 Å². The van der Waals surface area contributed by atoms with Gasteiger partial charge in [0.1, 0.15) is 12.4 Å². The van der Waals surface area contributed by atoms with Crippen molar-refractivity contribution in [1.29, 1.82) is 0 Å². The van der Waals surface area contributed by atoms with Gasteiger partial charge in [0.05, 0.1) is 23.9 Å². The van der Waals surface area contributed by atoms with Gasteiger partial charge in [0.15, 0.2) is 18.3 Å². The third-order valence-corrected chi connectivity index (χ3v) is 7.84. The van der Waals surface area contributed by atoms with Gasteiger partial charge in [-0.05, 0) is 94.8 Å². The number of hydrogen-bond donors (Lipinski definition) is 2. The number of anilines is 2. The van der Waals surface area contributed by atoms with Crippen LogP contribution in [0.15, 0.2) is 48.7 Å². The number of nitrogens with zero attached hydrogens (tertiary/aromatic N) is 6. The van der Waals surface area contributed by atoms with E-state index in [4.69, 9.17) is 24.3 Å². The zero-order chi connectivity index (χ0) is 31.2. The van der Waals surface area contributed by atoms with E-state index in [-0.39, 0.29) is 30.5 Å². The van der Waals surface area contributed by atoms with Crippen LogP contribution in [-0.2, 0) is 14.3 Å². The number of carbonyl (C=O) groups is 2. The summed E-state index contributed by atoms with van der Waals surface area (Å²) >= 11 is 0. The number of urea groups is 1. The highest BCUT2D eigenvalue weighted by Crippen LogP contribution is 2.33. The van der Waals surface area contributed by atoms with E-state index in [9.17, 15) is 9.59 Å². The number of aromatic nitrogens is 5. The van der Waals surface area contributed by atoms with Crippen LogP contribution in [0.4, 0.5) is 16.4 Å². The van der Waals surface area contributed by atoms with Crippen LogP contribution >= 0.6 is 0 Å². The van der Waals surface area contributed by atoms with Crippen LogP contribution in [0.25, 0.3) is 22.3 Å². The molecule has 2 N–H and O–H groups in total. The van der Waals surface area contributed by atoms with E-state index in [2.05, 4.69) is 15.7 Å². The Bertz CT molecular complexity index is 1590. The maximum atomic E-state index is 12.5. The number of hydrogen-bond acceptors (Lipinski definition) is 8. The third kappa shape index (κ3) is 7.10. The number of fused-ring (bicyclic) bond motifs is 1. The van der Waals surface area contributed by atoms with E-state index in [1.54, 1.807) is 10.9 Å². The van der Waals surface area contributed by atoms with Crippen LogP contribution in [-0.4, -0.2) is 69.4 Å². The zero-order valence-corrected chi connectivity index (χ0v) is 25.7. The second-order valence-electron chi connectivity index (χ2n) is 11.6. The molecule has 0 saturated carbocycles. The highest BCUT2D eigenvalue weighted by molar-refractivity contribution is 5.90. The van der Waals surface area contributed by atoms with Crippen LogP contribution in [0.1, 0.15) is 64.8 Å². The van der Waals surface area contributed by atoms with Gasteiger partial charge in [0.2, 0.25) is 6.41 Å². The molecule has 2 unspecified atom stereocenters. The first-order chi connectivity index (χ1) is 22.0. The molecule has 2 atom stereocenters. The normalized spacial score (nSPS) is 18.6. The van der Waals surface area contributed by atoms with E-state index < -0.39 is 0 Å². The van der Waals surface area contributed by atoms with E-state index in [1.165, 1.54) is 4.90 Å². The van der Waals surface area contributed by atoms with Crippen molar-refractivity contribution in [2.75, 3.05) is 31.3 Å². The van der Waals surface area contributed by atoms with E-state index >= 15 is 0 Å². The molecule has 238 valence electrons. The number of nitrogens with one attached hydrogen (secondary N) is 2. The Kier molecular flexibility index (Phi) is 9.55. The second kappa shape index (κ2) is 14.1. The fraction of sp³-hybridized carbons (Fsp3) is 0.469. The predicted octanol–water partition coefficient (Wildman–Crippen LogP) is 5.07.